The number of hydrogen-bond donors (Lipinski definition) is 1. The smallest absolute Gasteiger partial charge is 0.357 e. The number of ether oxygens (including phenoxy) is 2. The molecule has 3 aromatic rings. The third-order valence-electron chi connectivity index (χ3n) is 4.94. The van der Waals surface area contributed by atoms with Gasteiger partial charge in [0.2, 0.25) is 0 Å². The fourth-order valence-corrected chi connectivity index (χ4v) is 3.08. The van der Waals surface area contributed by atoms with E-state index in [4.69, 9.17) is 9.47 Å². The van der Waals surface area contributed by atoms with Gasteiger partial charge < -0.3 is 14.8 Å². The van der Waals surface area contributed by atoms with Crippen LogP contribution in [0.15, 0.2) is 60.7 Å². The number of carbonyl (C=O) groups is 2. The fourth-order valence-electron chi connectivity index (χ4n) is 3.08. The molecule has 1 fully saturated rings. The van der Waals surface area contributed by atoms with Crippen molar-refractivity contribution in [1.82, 2.24) is 9.78 Å². The van der Waals surface area contributed by atoms with Crippen LogP contribution in [0.2, 0.25) is 0 Å². The second kappa shape index (κ2) is 8.41. The van der Waals surface area contributed by atoms with E-state index in [0.29, 0.717) is 23.0 Å². The van der Waals surface area contributed by atoms with E-state index in [0.717, 1.165) is 24.2 Å². The zero-order valence-corrected chi connectivity index (χ0v) is 16.9. The lowest BCUT2D eigenvalue weighted by atomic mass is 10.2. The molecule has 1 aliphatic rings. The minimum atomic E-state index is -0.969. The van der Waals surface area contributed by atoms with Crippen LogP contribution in [0.3, 0.4) is 0 Å². The highest BCUT2D eigenvalue weighted by atomic mass is 16.5. The molecule has 1 aromatic heterocycles. The molecule has 0 radical (unpaired) electrons. The summed E-state index contributed by atoms with van der Waals surface area (Å²) in [6.45, 7) is 1.54. The van der Waals surface area contributed by atoms with Crippen LogP contribution >= 0.6 is 0 Å². The molecule has 0 aliphatic heterocycles. The summed E-state index contributed by atoms with van der Waals surface area (Å²) in [4.78, 5) is 25.3. The third-order valence-corrected chi connectivity index (χ3v) is 4.94. The molecule has 1 atom stereocenters. The van der Waals surface area contributed by atoms with Crippen LogP contribution in [0.4, 0.5) is 5.69 Å². The number of esters is 1. The van der Waals surface area contributed by atoms with E-state index in [2.05, 4.69) is 10.4 Å². The molecule has 1 aliphatic carbocycles. The number of rotatable bonds is 7. The number of methoxy groups -OCH3 is 1. The molecular weight excluding hydrogens is 382 g/mol. The Balaban J connectivity index is 1.48. The second-order valence-corrected chi connectivity index (χ2v) is 7.24. The van der Waals surface area contributed by atoms with Gasteiger partial charge in [0, 0.05) is 11.6 Å². The summed E-state index contributed by atoms with van der Waals surface area (Å²) < 4.78 is 12.1. The maximum Gasteiger partial charge on any atom is 0.357 e. The van der Waals surface area contributed by atoms with Crippen molar-refractivity contribution in [2.75, 3.05) is 12.4 Å². The molecule has 0 bridgehead atoms. The van der Waals surface area contributed by atoms with Crippen molar-refractivity contribution in [3.63, 3.8) is 0 Å². The first-order valence-corrected chi connectivity index (χ1v) is 9.86. The predicted octanol–water partition coefficient (Wildman–Crippen LogP) is 3.94. The van der Waals surface area contributed by atoms with Gasteiger partial charge in [-0.15, -0.1) is 0 Å². The van der Waals surface area contributed by atoms with Crippen LogP contribution in [0.1, 0.15) is 41.9 Å². The van der Waals surface area contributed by atoms with Gasteiger partial charge in [-0.3, -0.25) is 4.79 Å². The van der Waals surface area contributed by atoms with Crippen LogP contribution in [-0.2, 0) is 9.53 Å². The van der Waals surface area contributed by atoms with Gasteiger partial charge >= 0.3 is 5.97 Å². The quantitative estimate of drug-likeness (QED) is 0.602. The lowest BCUT2D eigenvalue weighted by Gasteiger charge is -2.14. The molecule has 0 spiro atoms. The van der Waals surface area contributed by atoms with E-state index in [-0.39, 0.29) is 0 Å². The van der Waals surface area contributed by atoms with Gasteiger partial charge in [-0.25, -0.2) is 9.48 Å². The number of benzene rings is 2. The van der Waals surface area contributed by atoms with Crippen molar-refractivity contribution < 1.29 is 19.1 Å². The van der Waals surface area contributed by atoms with Crippen molar-refractivity contribution in [3.05, 3.63) is 72.1 Å². The van der Waals surface area contributed by atoms with E-state index in [9.17, 15) is 9.59 Å². The number of nitrogens with zero attached hydrogens (tertiary/aromatic N) is 2. The molecule has 30 heavy (non-hydrogen) atoms. The highest BCUT2D eigenvalue weighted by Gasteiger charge is 2.30. The van der Waals surface area contributed by atoms with Gasteiger partial charge in [-0.05, 0) is 62.2 Å². The molecule has 1 heterocycles. The van der Waals surface area contributed by atoms with E-state index in [1.807, 2.05) is 30.3 Å². The van der Waals surface area contributed by atoms with Crippen LogP contribution in [-0.4, -0.2) is 34.9 Å². The number of nitrogens with one attached hydrogen (secondary N) is 1. The van der Waals surface area contributed by atoms with Gasteiger partial charge in [0.05, 0.1) is 18.5 Å². The van der Waals surface area contributed by atoms with Gasteiger partial charge in [-0.2, -0.15) is 5.10 Å². The van der Waals surface area contributed by atoms with Crippen molar-refractivity contribution in [3.8, 4) is 11.4 Å². The number of hydrogen-bond acceptors (Lipinski definition) is 5. The number of carbonyl (C=O) groups excluding carboxylic acids is 2. The Labute approximate surface area is 174 Å². The topological polar surface area (TPSA) is 82.4 Å². The average molecular weight is 405 g/mol. The molecular formula is C23H23N3O4. The summed E-state index contributed by atoms with van der Waals surface area (Å²) in [5, 5.41) is 7.34. The molecule has 1 amide bonds. The van der Waals surface area contributed by atoms with Gasteiger partial charge in [0.15, 0.2) is 11.8 Å². The largest absolute Gasteiger partial charge is 0.497 e. The normalized spacial score (nSPS) is 14.1. The highest BCUT2D eigenvalue weighted by molar-refractivity contribution is 5.97. The lowest BCUT2D eigenvalue weighted by Crippen LogP contribution is -2.30. The zero-order valence-electron chi connectivity index (χ0n) is 16.9. The van der Waals surface area contributed by atoms with Gasteiger partial charge in [-0.1, -0.05) is 18.2 Å². The Hall–Kier alpha value is -3.61. The predicted molar refractivity (Wildman–Crippen MR) is 112 cm³/mol. The van der Waals surface area contributed by atoms with E-state index >= 15 is 0 Å². The summed E-state index contributed by atoms with van der Waals surface area (Å²) in [5.41, 5.74) is 2.55. The van der Waals surface area contributed by atoms with Crippen LogP contribution in [0.25, 0.3) is 5.69 Å². The standard InChI is InChI=1S/C23H23N3O4/c1-15(22(27)24-17-10-12-19(29-2)13-11-17)30-23(28)21-14-20(16-8-9-16)25-26(21)18-6-4-3-5-7-18/h3-7,10-16H,8-9H2,1-2H3,(H,24,27)/t15-/m1/s1. The number of amides is 1. The molecule has 1 saturated carbocycles. The SMILES string of the molecule is COc1ccc(NC(=O)[C@@H](C)OC(=O)c2cc(C3CC3)nn2-c2ccccc2)cc1. The average Bonchev–Trinajstić information content (AvgIpc) is 3.52. The lowest BCUT2D eigenvalue weighted by molar-refractivity contribution is -0.123. The van der Waals surface area contributed by atoms with Crippen molar-refractivity contribution >= 4 is 17.6 Å². The highest BCUT2D eigenvalue weighted by Crippen LogP contribution is 2.39. The van der Waals surface area contributed by atoms with E-state index in [1.54, 1.807) is 49.0 Å². The van der Waals surface area contributed by atoms with Gasteiger partial charge in [0.1, 0.15) is 5.75 Å². The Morgan fingerprint density at radius 2 is 1.80 bits per heavy atom. The minimum absolute atomic E-state index is 0.312. The molecule has 7 heteroatoms. The fraction of sp³-hybridized carbons (Fsp3) is 0.261. The Morgan fingerprint density at radius 3 is 2.43 bits per heavy atom. The molecule has 2 aromatic carbocycles. The van der Waals surface area contributed by atoms with Crippen molar-refractivity contribution in [2.24, 2.45) is 0 Å². The molecule has 0 saturated heterocycles. The molecule has 7 nitrogen and oxygen atoms in total. The Morgan fingerprint density at radius 1 is 1.10 bits per heavy atom. The molecule has 1 N–H and O–H groups in total. The van der Waals surface area contributed by atoms with Crippen LogP contribution in [0.5, 0.6) is 5.75 Å². The summed E-state index contributed by atoms with van der Waals surface area (Å²) in [6, 6.07) is 18.1. The van der Waals surface area contributed by atoms with Gasteiger partial charge in [0.25, 0.3) is 5.91 Å². The van der Waals surface area contributed by atoms with E-state index in [1.165, 1.54) is 0 Å². The maximum atomic E-state index is 12.9. The first-order valence-electron chi connectivity index (χ1n) is 9.86. The first-order chi connectivity index (χ1) is 14.5. The number of para-hydroxylation sites is 1. The Bertz CT molecular complexity index is 1040. The minimum Gasteiger partial charge on any atom is -0.497 e. The Kier molecular flexibility index (Phi) is 5.52. The third kappa shape index (κ3) is 4.35. The molecule has 4 rings (SSSR count). The van der Waals surface area contributed by atoms with Crippen molar-refractivity contribution in [1.29, 1.82) is 0 Å². The molecule has 154 valence electrons. The number of aromatic nitrogens is 2. The van der Waals surface area contributed by atoms with Crippen LogP contribution in [0, 0.1) is 0 Å². The second-order valence-electron chi connectivity index (χ2n) is 7.24. The molecule has 0 unspecified atom stereocenters. The summed E-state index contributed by atoms with van der Waals surface area (Å²) >= 11 is 0. The van der Waals surface area contributed by atoms with Crippen LogP contribution < -0.4 is 10.1 Å². The summed E-state index contributed by atoms with van der Waals surface area (Å²) in [6.07, 6.45) is 1.17. The maximum absolute atomic E-state index is 12.9. The number of anilines is 1. The summed E-state index contributed by atoms with van der Waals surface area (Å²) in [7, 11) is 1.57. The zero-order chi connectivity index (χ0) is 21.1. The van der Waals surface area contributed by atoms with E-state index < -0.39 is 18.0 Å². The summed E-state index contributed by atoms with van der Waals surface area (Å²) in [5.74, 6) is 0.0720. The van der Waals surface area contributed by atoms with Crippen molar-refractivity contribution in [2.45, 2.75) is 31.8 Å². The first kappa shape index (κ1) is 19.7. The monoisotopic (exact) mass is 405 g/mol.